The molecule has 0 atom stereocenters. The van der Waals surface area contributed by atoms with Crippen molar-refractivity contribution in [1.82, 2.24) is 19.7 Å². The van der Waals surface area contributed by atoms with E-state index in [1.54, 1.807) is 10.7 Å². The Balaban J connectivity index is 2.48. The van der Waals surface area contributed by atoms with Crippen LogP contribution in [0.2, 0.25) is 0 Å². The number of nitrogens with two attached hydrogens (primary N) is 1. The Labute approximate surface area is 91.7 Å². The van der Waals surface area contributed by atoms with Crippen LogP contribution in [0.1, 0.15) is 5.69 Å². The van der Waals surface area contributed by atoms with Gasteiger partial charge in [-0.25, -0.2) is 14.6 Å². The number of thioether (sulfide) groups is 1. The van der Waals surface area contributed by atoms with Gasteiger partial charge in [0.05, 0.1) is 5.69 Å². The van der Waals surface area contributed by atoms with Gasteiger partial charge in [-0.3, -0.25) is 0 Å². The minimum absolute atomic E-state index is 0.456. The topological polar surface area (TPSA) is 69.6 Å². The van der Waals surface area contributed by atoms with Gasteiger partial charge in [0.25, 0.3) is 0 Å². The van der Waals surface area contributed by atoms with Crippen molar-refractivity contribution in [3.05, 3.63) is 24.0 Å². The first-order chi connectivity index (χ1) is 7.19. The molecule has 0 aliphatic rings. The molecule has 2 rings (SSSR count). The predicted molar refractivity (Wildman–Crippen MR) is 60.1 cm³/mol. The quantitative estimate of drug-likeness (QED) is 0.611. The molecule has 2 aromatic rings. The summed E-state index contributed by atoms with van der Waals surface area (Å²) in [4.78, 5) is 8.38. The molecule has 2 N–H and O–H groups in total. The van der Waals surface area contributed by atoms with Crippen LogP contribution in [0.25, 0.3) is 5.82 Å². The molecule has 0 saturated carbocycles. The molecule has 0 aliphatic heterocycles. The Morgan fingerprint density at radius 1 is 1.40 bits per heavy atom. The van der Waals surface area contributed by atoms with E-state index in [1.165, 1.54) is 11.8 Å². The highest BCUT2D eigenvalue weighted by molar-refractivity contribution is 7.98. The molecule has 0 fully saturated rings. The number of aromatic nitrogens is 4. The summed E-state index contributed by atoms with van der Waals surface area (Å²) in [5, 5.41) is 4.91. The van der Waals surface area contributed by atoms with Gasteiger partial charge in [0, 0.05) is 12.3 Å². The maximum atomic E-state index is 5.67. The van der Waals surface area contributed by atoms with Crippen LogP contribution in [0.5, 0.6) is 0 Å². The Hall–Kier alpha value is -1.56. The van der Waals surface area contributed by atoms with Gasteiger partial charge in [-0.05, 0) is 19.2 Å². The van der Waals surface area contributed by atoms with Crippen LogP contribution in [0.15, 0.2) is 23.5 Å². The first-order valence-electron chi connectivity index (χ1n) is 4.40. The molecule has 0 radical (unpaired) electrons. The number of nitrogens with zero attached hydrogens (tertiary/aromatic N) is 4. The second-order valence-electron chi connectivity index (χ2n) is 3.04. The molecular formula is C9H11N5S. The van der Waals surface area contributed by atoms with Gasteiger partial charge >= 0.3 is 0 Å². The third kappa shape index (κ3) is 2.10. The lowest BCUT2D eigenvalue weighted by atomic mass is 10.5. The summed E-state index contributed by atoms with van der Waals surface area (Å²) in [6, 6.07) is 3.61. The average Bonchev–Trinajstić information content (AvgIpc) is 2.64. The van der Waals surface area contributed by atoms with Crippen LogP contribution in [-0.4, -0.2) is 26.0 Å². The SMILES string of the molecule is CSc1nc(N)cc(-n2ccc(C)n2)n1. The number of hydrogen-bond acceptors (Lipinski definition) is 5. The molecule has 78 valence electrons. The molecule has 0 aromatic carbocycles. The van der Waals surface area contributed by atoms with Crippen molar-refractivity contribution < 1.29 is 0 Å². The molecule has 0 amide bonds. The monoisotopic (exact) mass is 221 g/mol. The fraction of sp³-hybridized carbons (Fsp3) is 0.222. The number of aryl methyl sites for hydroxylation is 1. The van der Waals surface area contributed by atoms with Gasteiger partial charge in [-0.15, -0.1) is 0 Å². The Morgan fingerprint density at radius 3 is 2.80 bits per heavy atom. The van der Waals surface area contributed by atoms with E-state index in [9.17, 15) is 0 Å². The fourth-order valence-electron chi connectivity index (χ4n) is 1.18. The van der Waals surface area contributed by atoms with E-state index in [1.807, 2.05) is 25.4 Å². The molecule has 0 unspecified atom stereocenters. The predicted octanol–water partition coefficient (Wildman–Crippen LogP) is 1.27. The van der Waals surface area contributed by atoms with Crippen LogP contribution in [0.4, 0.5) is 5.82 Å². The molecule has 2 heterocycles. The molecule has 0 aliphatic carbocycles. The minimum atomic E-state index is 0.456. The Bertz CT molecular complexity index is 479. The van der Waals surface area contributed by atoms with Gasteiger partial charge < -0.3 is 5.73 Å². The zero-order valence-corrected chi connectivity index (χ0v) is 9.32. The normalized spacial score (nSPS) is 10.5. The number of anilines is 1. The van der Waals surface area contributed by atoms with Gasteiger partial charge in [0.2, 0.25) is 0 Å². The van der Waals surface area contributed by atoms with Gasteiger partial charge in [0.1, 0.15) is 5.82 Å². The molecule has 0 bridgehead atoms. The van der Waals surface area contributed by atoms with E-state index in [4.69, 9.17) is 5.73 Å². The minimum Gasteiger partial charge on any atom is -0.383 e. The van der Waals surface area contributed by atoms with E-state index < -0.39 is 0 Å². The second kappa shape index (κ2) is 3.90. The lowest BCUT2D eigenvalue weighted by Crippen LogP contribution is -2.03. The first-order valence-corrected chi connectivity index (χ1v) is 5.62. The van der Waals surface area contributed by atoms with Crippen molar-refractivity contribution >= 4 is 17.6 Å². The summed E-state index contributed by atoms with van der Waals surface area (Å²) in [7, 11) is 0. The third-order valence-corrected chi connectivity index (χ3v) is 2.40. The number of rotatable bonds is 2. The van der Waals surface area contributed by atoms with Crippen molar-refractivity contribution in [2.24, 2.45) is 0 Å². The van der Waals surface area contributed by atoms with Crippen LogP contribution < -0.4 is 5.73 Å². The highest BCUT2D eigenvalue weighted by Gasteiger charge is 2.04. The standard InChI is InChI=1S/C9H11N5S/c1-6-3-4-14(13-6)8-5-7(10)11-9(12-8)15-2/h3-5H,1-2H3,(H2,10,11,12). The van der Waals surface area contributed by atoms with Crippen molar-refractivity contribution in [1.29, 1.82) is 0 Å². The molecule has 6 heteroatoms. The van der Waals surface area contributed by atoms with Gasteiger partial charge in [0.15, 0.2) is 11.0 Å². The smallest absolute Gasteiger partial charge is 0.191 e. The summed E-state index contributed by atoms with van der Waals surface area (Å²) < 4.78 is 1.69. The number of nitrogen functional groups attached to an aromatic ring is 1. The maximum absolute atomic E-state index is 5.67. The van der Waals surface area contributed by atoms with Gasteiger partial charge in [-0.2, -0.15) is 5.10 Å². The Kier molecular flexibility index (Phi) is 2.59. The molecule has 0 saturated heterocycles. The van der Waals surface area contributed by atoms with E-state index in [-0.39, 0.29) is 0 Å². The zero-order valence-electron chi connectivity index (χ0n) is 8.51. The van der Waals surface area contributed by atoms with Crippen molar-refractivity contribution in [2.45, 2.75) is 12.1 Å². The molecule has 2 aromatic heterocycles. The molecule has 5 nitrogen and oxygen atoms in total. The largest absolute Gasteiger partial charge is 0.383 e. The zero-order chi connectivity index (χ0) is 10.8. The highest BCUT2D eigenvalue weighted by atomic mass is 32.2. The average molecular weight is 221 g/mol. The van der Waals surface area contributed by atoms with Gasteiger partial charge in [-0.1, -0.05) is 11.8 Å². The van der Waals surface area contributed by atoms with E-state index in [0.29, 0.717) is 16.8 Å². The summed E-state index contributed by atoms with van der Waals surface area (Å²) in [6.45, 7) is 1.93. The lowest BCUT2D eigenvalue weighted by Gasteiger charge is -2.03. The number of hydrogen-bond donors (Lipinski definition) is 1. The highest BCUT2D eigenvalue weighted by Crippen LogP contribution is 2.14. The van der Waals surface area contributed by atoms with E-state index in [2.05, 4.69) is 15.1 Å². The van der Waals surface area contributed by atoms with Crippen LogP contribution in [-0.2, 0) is 0 Å². The van der Waals surface area contributed by atoms with E-state index >= 15 is 0 Å². The second-order valence-corrected chi connectivity index (χ2v) is 3.81. The fourth-order valence-corrected chi connectivity index (χ4v) is 1.56. The summed E-state index contributed by atoms with van der Waals surface area (Å²) in [5.74, 6) is 1.15. The maximum Gasteiger partial charge on any atom is 0.191 e. The first kappa shape index (κ1) is 9.97. The van der Waals surface area contributed by atoms with Crippen LogP contribution in [0.3, 0.4) is 0 Å². The Morgan fingerprint density at radius 2 is 2.20 bits per heavy atom. The van der Waals surface area contributed by atoms with Crippen LogP contribution >= 0.6 is 11.8 Å². The molecule has 15 heavy (non-hydrogen) atoms. The van der Waals surface area contributed by atoms with E-state index in [0.717, 1.165) is 5.69 Å². The van der Waals surface area contributed by atoms with Crippen molar-refractivity contribution in [3.8, 4) is 5.82 Å². The third-order valence-electron chi connectivity index (χ3n) is 1.85. The van der Waals surface area contributed by atoms with Crippen molar-refractivity contribution in [3.63, 3.8) is 0 Å². The molecular weight excluding hydrogens is 210 g/mol. The van der Waals surface area contributed by atoms with Crippen LogP contribution in [0, 0.1) is 6.92 Å². The summed E-state index contributed by atoms with van der Waals surface area (Å²) in [5.41, 5.74) is 6.62. The summed E-state index contributed by atoms with van der Waals surface area (Å²) >= 11 is 1.46. The lowest BCUT2D eigenvalue weighted by molar-refractivity contribution is 0.800. The summed E-state index contributed by atoms with van der Waals surface area (Å²) in [6.07, 6.45) is 3.76. The van der Waals surface area contributed by atoms with Crippen molar-refractivity contribution in [2.75, 3.05) is 12.0 Å². The molecule has 0 spiro atoms.